The van der Waals surface area contributed by atoms with E-state index in [1.807, 2.05) is 44.2 Å². The van der Waals surface area contributed by atoms with Gasteiger partial charge in [0, 0.05) is 5.56 Å². The molecular formula is C17H20FNO. The van der Waals surface area contributed by atoms with Crippen molar-refractivity contribution in [1.82, 2.24) is 0 Å². The van der Waals surface area contributed by atoms with Gasteiger partial charge in [0.05, 0.1) is 12.1 Å². The van der Waals surface area contributed by atoms with Crippen LogP contribution < -0.4 is 10.5 Å². The molecule has 20 heavy (non-hydrogen) atoms. The number of hydrogen-bond acceptors (Lipinski definition) is 2. The molecule has 0 radical (unpaired) electrons. The van der Waals surface area contributed by atoms with Gasteiger partial charge >= 0.3 is 0 Å². The molecule has 0 aliphatic carbocycles. The lowest BCUT2D eigenvalue weighted by Crippen LogP contribution is -2.37. The van der Waals surface area contributed by atoms with Crippen molar-refractivity contribution in [1.29, 1.82) is 0 Å². The van der Waals surface area contributed by atoms with Gasteiger partial charge in [-0.1, -0.05) is 37.3 Å². The first-order valence-corrected chi connectivity index (χ1v) is 6.89. The predicted molar refractivity (Wildman–Crippen MR) is 79.3 cm³/mol. The fourth-order valence-electron chi connectivity index (χ4n) is 2.43. The molecule has 0 saturated heterocycles. The highest BCUT2D eigenvalue weighted by Crippen LogP contribution is 2.36. The van der Waals surface area contributed by atoms with E-state index < -0.39 is 5.54 Å². The molecule has 0 fully saturated rings. The van der Waals surface area contributed by atoms with E-state index in [2.05, 4.69) is 0 Å². The molecule has 0 spiro atoms. The average molecular weight is 273 g/mol. The number of nitrogens with two attached hydrogens (primary N) is 1. The van der Waals surface area contributed by atoms with Gasteiger partial charge in [-0.05, 0) is 37.1 Å². The second-order valence-electron chi connectivity index (χ2n) is 4.76. The molecule has 0 aliphatic rings. The Morgan fingerprint density at radius 1 is 1.10 bits per heavy atom. The molecule has 1 atom stereocenters. The van der Waals surface area contributed by atoms with Crippen molar-refractivity contribution in [3.8, 4) is 5.75 Å². The number of para-hydroxylation sites is 1. The van der Waals surface area contributed by atoms with E-state index in [0.29, 0.717) is 13.0 Å². The lowest BCUT2D eigenvalue weighted by atomic mass is 9.81. The Morgan fingerprint density at radius 2 is 1.85 bits per heavy atom. The third kappa shape index (κ3) is 2.68. The van der Waals surface area contributed by atoms with Crippen molar-refractivity contribution in [2.45, 2.75) is 25.8 Å². The summed E-state index contributed by atoms with van der Waals surface area (Å²) in [6.45, 7) is 4.50. The summed E-state index contributed by atoms with van der Waals surface area (Å²) in [7, 11) is 0. The van der Waals surface area contributed by atoms with E-state index in [4.69, 9.17) is 10.5 Å². The third-order valence-corrected chi connectivity index (χ3v) is 3.56. The van der Waals surface area contributed by atoms with Gasteiger partial charge in [-0.2, -0.15) is 0 Å². The van der Waals surface area contributed by atoms with Crippen LogP contribution in [0.4, 0.5) is 4.39 Å². The van der Waals surface area contributed by atoms with Crippen LogP contribution in [0.1, 0.15) is 31.4 Å². The van der Waals surface area contributed by atoms with E-state index in [0.717, 1.165) is 16.9 Å². The number of hydrogen-bond donors (Lipinski definition) is 1. The number of benzene rings is 2. The topological polar surface area (TPSA) is 35.2 Å². The molecule has 2 nitrogen and oxygen atoms in total. The first-order chi connectivity index (χ1) is 9.61. The monoisotopic (exact) mass is 273 g/mol. The summed E-state index contributed by atoms with van der Waals surface area (Å²) in [5, 5.41) is 0. The summed E-state index contributed by atoms with van der Waals surface area (Å²) >= 11 is 0. The average Bonchev–Trinajstić information content (AvgIpc) is 2.47. The Bertz CT molecular complexity index is 585. The van der Waals surface area contributed by atoms with Crippen LogP contribution in [0.3, 0.4) is 0 Å². The van der Waals surface area contributed by atoms with Gasteiger partial charge in [0.15, 0.2) is 0 Å². The molecule has 0 heterocycles. The quantitative estimate of drug-likeness (QED) is 0.898. The van der Waals surface area contributed by atoms with Gasteiger partial charge in [0.2, 0.25) is 0 Å². The molecule has 0 aromatic heterocycles. The Balaban J connectivity index is 2.56. The van der Waals surface area contributed by atoms with Crippen molar-refractivity contribution < 1.29 is 9.13 Å². The fraction of sp³-hybridized carbons (Fsp3) is 0.294. The highest BCUT2D eigenvalue weighted by atomic mass is 19.1. The highest BCUT2D eigenvalue weighted by molar-refractivity contribution is 5.46. The first-order valence-electron chi connectivity index (χ1n) is 6.89. The van der Waals surface area contributed by atoms with Crippen molar-refractivity contribution in [3.05, 3.63) is 65.5 Å². The zero-order valence-corrected chi connectivity index (χ0v) is 11.9. The van der Waals surface area contributed by atoms with Crippen molar-refractivity contribution in [2.75, 3.05) is 6.61 Å². The van der Waals surface area contributed by atoms with E-state index >= 15 is 0 Å². The Morgan fingerprint density at radius 3 is 2.50 bits per heavy atom. The van der Waals surface area contributed by atoms with Crippen molar-refractivity contribution in [2.24, 2.45) is 5.73 Å². The standard InChI is InChI=1S/C17H20FNO/c1-3-17(19,13-8-7-9-14(18)12-13)15-10-5-6-11-16(15)20-4-2/h5-12H,3-4,19H2,1-2H3. The Hall–Kier alpha value is -1.87. The number of ether oxygens (including phenoxy) is 1. The summed E-state index contributed by atoms with van der Waals surface area (Å²) in [5.41, 5.74) is 7.48. The normalized spacial score (nSPS) is 13.8. The minimum atomic E-state index is -0.756. The Kier molecular flexibility index (Phi) is 4.40. The number of rotatable bonds is 5. The summed E-state index contributed by atoms with van der Waals surface area (Å²) in [6, 6.07) is 14.1. The van der Waals surface area contributed by atoms with Gasteiger partial charge in [-0.15, -0.1) is 0 Å². The summed E-state index contributed by atoms with van der Waals surface area (Å²) < 4.78 is 19.2. The smallest absolute Gasteiger partial charge is 0.124 e. The van der Waals surface area contributed by atoms with Crippen LogP contribution in [-0.4, -0.2) is 6.61 Å². The largest absolute Gasteiger partial charge is 0.494 e. The molecule has 0 amide bonds. The van der Waals surface area contributed by atoms with Gasteiger partial charge < -0.3 is 10.5 Å². The molecule has 2 aromatic rings. The SMILES string of the molecule is CCOc1ccccc1C(N)(CC)c1cccc(F)c1. The van der Waals surface area contributed by atoms with Crippen LogP contribution in [0, 0.1) is 5.82 Å². The maximum absolute atomic E-state index is 13.5. The van der Waals surface area contributed by atoms with E-state index in [9.17, 15) is 4.39 Å². The van der Waals surface area contributed by atoms with Crippen LogP contribution >= 0.6 is 0 Å². The molecule has 0 aliphatic heterocycles. The fourth-order valence-corrected chi connectivity index (χ4v) is 2.43. The molecule has 3 heteroatoms. The lowest BCUT2D eigenvalue weighted by Gasteiger charge is -2.31. The summed E-state index contributed by atoms with van der Waals surface area (Å²) in [6.07, 6.45) is 0.653. The van der Waals surface area contributed by atoms with Crippen molar-refractivity contribution in [3.63, 3.8) is 0 Å². The molecular weight excluding hydrogens is 253 g/mol. The molecule has 106 valence electrons. The minimum Gasteiger partial charge on any atom is -0.494 e. The van der Waals surface area contributed by atoms with E-state index in [1.54, 1.807) is 6.07 Å². The van der Waals surface area contributed by atoms with Crippen LogP contribution in [-0.2, 0) is 5.54 Å². The van der Waals surface area contributed by atoms with Crippen LogP contribution in [0.25, 0.3) is 0 Å². The molecule has 0 saturated carbocycles. The summed E-state index contributed by atoms with van der Waals surface area (Å²) in [4.78, 5) is 0. The Labute approximate surface area is 119 Å². The number of halogens is 1. The predicted octanol–water partition coefficient (Wildman–Crippen LogP) is 3.84. The lowest BCUT2D eigenvalue weighted by molar-refractivity contribution is 0.327. The summed E-state index contributed by atoms with van der Waals surface area (Å²) in [5.74, 6) is 0.475. The maximum atomic E-state index is 13.5. The molecule has 2 aromatic carbocycles. The molecule has 1 unspecified atom stereocenters. The van der Waals surface area contributed by atoms with E-state index in [1.165, 1.54) is 12.1 Å². The third-order valence-electron chi connectivity index (χ3n) is 3.56. The molecule has 2 N–H and O–H groups in total. The van der Waals surface area contributed by atoms with E-state index in [-0.39, 0.29) is 5.82 Å². The van der Waals surface area contributed by atoms with Gasteiger partial charge in [0.25, 0.3) is 0 Å². The van der Waals surface area contributed by atoms with Gasteiger partial charge in [0.1, 0.15) is 11.6 Å². The first kappa shape index (κ1) is 14.5. The van der Waals surface area contributed by atoms with Crippen LogP contribution in [0.15, 0.2) is 48.5 Å². The van der Waals surface area contributed by atoms with Crippen LogP contribution in [0.5, 0.6) is 5.75 Å². The minimum absolute atomic E-state index is 0.278. The van der Waals surface area contributed by atoms with Crippen molar-refractivity contribution >= 4 is 0 Å². The zero-order valence-electron chi connectivity index (χ0n) is 11.9. The molecule has 0 bridgehead atoms. The molecule has 2 rings (SSSR count). The van der Waals surface area contributed by atoms with Gasteiger partial charge in [-0.25, -0.2) is 4.39 Å². The maximum Gasteiger partial charge on any atom is 0.124 e. The highest BCUT2D eigenvalue weighted by Gasteiger charge is 2.30. The second-order valence-corrected chi connectivity index (χ2v) is 4.76. The second kappa shape index (κ2) is 6.06. The van der Waals surface area contributed by atoms with Gasteiger partial charge in [-0.3, -0.25) is 0 Å². The van der Waals surface area contributed by atoms with Crippen LogP contribution in [0.2, 0.25) is 0 Å². The zero-order chi connectivity index (χ0) is 14.6.